The SMILES string of the molecule is O=C1NCCNCCN(CCO)c2ccn3ncc(c3n2)-c2cccc1c2. The lowest BCUT2D eigenvalue weighted by atomic mass is 10.1. The predicted molar refractivity (Wildman–Crippen MR) is 103 cm³/mol. The second-order valence-electron chi connectivity index (χ2n) is 6.41. The summed E-state index contributed by atoms with van der Waals surface area (Å²) in [5.74, 6) is 0.695. The van der Waals surface area contributed by atoms with Crippen LogP contribution >= 0.6 is 0 Å². The maximum atomic E-state index is 12.4. The van der Waals surface area contributed by atoms with Crippen molar-refractivity contribution in [2.45, 2.75) is 0 Å². The number of anilines is 1. The largest absolute Gasteiger partial charge is 0.395 e. The van der Waals surface area contributed by atoms with Crippen molar-refractivity contribution in [1.82, 2.24) is 25.2 Å². The van der Waals surface area contributed by atoms with E-state index in [4.69, 9.17) is 4.98 Å². The van der Waals surface area contributed by atoms with Gasteiger partial charge in [-0.05, 0) is 23.8 Å². The van der Waals surface area contributed by atoms with Crippen LogP contribution in [0.2, 0.25) is 0 Å². The molecule has 27 heavy (non-hydrogen) atoms. The van der Waals surface area contributed by atoms with Gasteiger partial charge in [-0.25, -0.2) is 9.50 Å². The molecule has 4 rings (SSSR count). The summed E-state index contributed by atoms with van der Waals surface area (Å²) in [6, 6.07) is 9.38. The van der Waals surface area contributed by atoms with Gasteiger partial charge in [0.15, 0.2) is 5.65 Å². The Balaban J connectivity index is 1.82. The van der Waals surface area contributed by atoms with Gasteiger partial charge in [-0.15, -0.1) is 0 Å². The summed E-state index contributed by atoms with van der Waals surface area (Å²) in [7, 11) is 0. The third-order valence-corrected chi connectivity index (χ3v) is 4.63. The molecule has 1 aromatic carbocycles. The van der Waals surface area contributed by atoms with Gasteiger partial charge >= 0.3 is 0 Å². The molecule has 8 heteroatoms. The number of fused-ring (bicyclic) bond motifs is 4. The Morgan fingerprint density at radius 3 is 2.93 bits per heavy atom. The molecular weight excluding hydrogens is 344 g/mol. The highest BCUT2D eigenvalue weighted by atomic mass is 16.3. The molecule has 0 atom stereocenters. The fourth-order valence-corrected chi connectivity index (χ4v) is 3.23. The Hall–Kier alpha value is -2.97. The highest BCUT2D eigenvalue weighted by Gasteiger charge is 2.14. The summed E-state index contributed by atoms with van der Waals surface area (Å²) in [6.45, 7) is 3.21. The van der Waals surface area contributed by atoms with Gasteiger partial charge in [0.2, 0.25) is 0 Å². The molecule has 3 heterocycles. The van der Waals surface area contributed by atoms with Crippen molar-refractivity contribution in [3.63, 3.8) is 0 Å². The molecule has 0 saturated carbocycles. The Morgan fingerprint density at radius 1 is 1.15 bits per heavy atom. The first-order chi connectivity index (χ1) is 13.3. The van der Waals surface area contributed by atoms with Gasteiger partial charge in [0.1, 0.15) is 5.82 Å². The predicted octanol–water partition coefficient (Wildman–Crippen LogP) is 0.528. The summed E-state index contributed by atoms with van der Waals surface area (Å²) >= 11 is 0. The van der Waals surface area contributed by atoms with E-state index in [1.165, 1.54) is 0 Å². The molecule has 1 aliphatic rings. The smallest absolute Gasteiger partial charge is 0.251 e. The second-order valence-corrected chi connectivity index (χ2v) is 6.41. The Bertz CT molecular complexity index is 954. The molecule has 0 fully saturated rings. The maximum absolute atomic E-state index is 12.4. The van der Waals surface area contributed by atoms with Gasteiger partial charge in [0.25, 0.3) is 5.91 Å². The number of β-amino-alcohol motifs (C(OH)–C–C–N with tert-alkyl or cyclic N) is 1. The summed E-state index contributed by atoms with van der Waals surface area (Å²) in [5.41, 5.74) is 3.09. The fraction of sp³-hybridized carbons (Fsp3) is 0.316. The molecule has 0 spiro atoms. The van der Waals surface area contributed by atoms with Crippen molar-refractivity contribution in [1.29, 1.82) is 0 Å². The normalized spacial score (nSPS) is 15.4. The third kappa shape index (κ3) is 3.62. The van der Waals surface area contributed by atoms with Crippen LogP contribution in [0.3, 0.4) is 0 Å². The number of carbonyl (C=O) groups excluding carboxylic acids is 1. The van der Waals surface area contributed by atoms with Gasteiger partial charge in [-0.3, -0.25) is 4.79 Å². The van der Waals surface area contributed by atoms with E-state index in [0.717, 1.165) is 29.1 Å². The van der Waals surface area contributed by atoms with Crippen LogP contribution in [0, 0.1) is 0 Å². The van der Waals surface area contributed by atoms with Crippen LogP contribution in [0.5, 0.6) is 0 Å². The number of benzene rings is 1. The highest BCUT2D eigenvalue weighted by molar-refractivity contribution is 5.96. The van der Waals surface area contributed by atoms with Crippen molar-refractivity contribution in [3.05, 3.63) is 48.3 Å². The number of aromatic nitrogens is 3. The van der Waals surface area contributed by atoms with Crippen molar-refractivity contribution < 1.29 is 9.90 Å². The number of carbonyl (C=O) groups is 1. The minimum absolute atomic E-state index is 0.0527. The van der Waals surface area contributed by atoms with Crippen LogP contribution in [0.25, 0.3) is 16.8 Å². The maximum Gasteiger partial charge on any atom is 0.251 e. The van der Waals surface area contributed by atoms with E-state index in [0.29, 0.717) is 31.7 Å². The minimum atomic E-state index is -0.0967. The van der Waals surface area contributed by atoms with Crippen molar-refractivity contribution in [3.8, 4) is 11.1 Å². The molecule has 8 nitrogen and oxygen atoms in total. The van der Waals surface area contributed by atoms with Crippen LogP contribution < -0.4 is 15.5 Å². The molecule has 0 aliphatic carbocycles. The van der Waals surface area contributed by atoms with Crippen molar-refractivity contribution >= 4 is 17.4 Å². The lowest BCUT2D eigenvalue weighted by Crippen LogP contribution is -2.38. The van der Waals surface area contributed by atoms with Crippen molar-refractivity contribution in [2.75, 3.05) is 44.2 Å². The van der Waals surface area contributed by atoms with Gasteiger partial charge in [0, 0.05) is 50.0 Å². The van der Waals surface area contributed by atoms with E-state index in [9.17, 15) is 9.90 Å². The number of aliphatic hydroxyl groups is 1. The van der Waals surface area contributed by atoms with Crippen LogP contribution in [-0.4, -0.2) is 64.9 Å². The Morgan fingerprint density at radius 2 is 2.04 bits per heavy atom. The summed E-state index contributed by atoms with van der Waals surface area (Å²) < 4.78 is 1.72. The lowest BCUT2D eigenvalue weighted by molar-refractivity contribution is 0.0954. The molecule has 3 aromatic rings. The van der Waals surface area contributed by atoms with Gasteiger partial charge in [-0.1, -0.05) is 12.1 Å². The molecule has 0 unspecified atom stereocenters. The average Bonchev–Trinajstić information content (AvgIpc) is 3.12. The topological polar surface area (TPSA) is 94.8 Å². The molecule has 2 aromatic heterocycles. The summed E-state index contributed by atoms with van der Waals surface area (Å²) in [6.07, 6.45) is 3.63. The molecule has 4 bridgehead atoms. The summed E-state index contributed by atoms with van der Waals surface area (Å²) in [4.78, 5) is 19.2. The molecule has 140 valence electrons. The van der Waals surface area contributed by atoms with Gasteiger partial charge in [-0.2, -0.15) is 5.10 Å². The molecule has 0 radical (unpaired) electrons. The zero-order valence-electron chi connectivity index (χ0n) is 14.9. The van der Waals surface area contributed by atoms with Crippen LogP contribution in [-0.2, 0) is 0 Å². The average molecular weight is 366 g/mol. The zero-order chi connectivity index (χ0) is 18.6. The monoisotopic (exact) mass is 366 g/mol. The lowest BCUT2D eigenvalue weighted by Gasteiger charge is -2.23. The first-order valence-corrected chi connectivity index (χ1v) is 9.06. The van der Waals surface area contributed by atoms with E-state index < -0.39 is 0 Å². The van der Waals surface area contributed by atoms with E-state index in [-0.39, 0.29) is 12.5 Å². The standard InChI is InChI=1S/C19H22N6O2/c26-11-10-24-9-7-20-5-6-21-19(27)15-3-1-2-14(12-15)16-13-22-25-8-4-17(24)23-18(16)25/h1-4,8,12-13,20,26H,5-7,9-11H2,(H,21,27). The number of aliphatic hydroxyl groups excluding tert-OH is 1. The van der Waals surface area contributed by atoms with Crippen LogP contribution in [0.15, 0.2) is 42.7 Å². The molecular formula is C19H22N6O2. The number of nitrogens with one attached hydrogen (secondary N) is 2. The quantitative estimate of drug-likeness (QED) is 0.612. The molecule has 1 aliphatic heterocycles. The number of rotatable bonds is 2. The minimum Gasteiger partial charge on any atom is -0.395 e. The highest BCUT2D eigenvalue weighted by Crippen LogP contribution is 2.25. The molecule has 0 saturated heterocycles. The van der Waals surface area contributed by atoms with E-state index >= 15 is 0 Å². The Kier molecular flexibility index (Phi) is 4.99. The number of nitrogens with zero attached hydrogens (tertiary/aromatic N) is 4. The van der Waals surface area contributed by atoms with E-state index in [1.807, 2.05) is 35.4 Å². The van der Waals surface area contributed by atoms with Crippen LogP contribution in [0.1, 0.15) is 10.4 Å². The first-order valence-electron chi connectivity index (χ1n) is 9.06. The zero-order valence-corrected chi connectivity index (χ0v) is 14.9. The second kappa shape index (κ2) is 7.73. The van der Waals surface area contributed by atoms with E-state index in [2.05, 4.69) is 15.7 Å². The number of amides is 1. The van der Waals surface area contributed by atoms with Crippen LogP contribution in [0.4, 0.5) is 5.82 Å². The number of hydrogen-bond acceptors (Lipinski definition) is 6. The van der Waals surface area contributed by atoms with Gasteiger partial charge < -0.3 is 20.6 Å². The van der Waals surface area contributed by atoms with Crippen molar-refractivity contribution in [2.24, 2.45) is 0 Å². The summed E-state index contributed by atoms with van der Waals surface area (Å²) in [5, 5.41) is 20.0. The van der Waals surface area contributed by atoms with Gasteiger partial charge in [0.05, 0.1) is 12.8 Å². The van der Waals surface area contributed by atoms with E-state index in [1.54, 1.807) is 16.8 Å². The number of hydrogen-bond donors (Lipinski definition) is 3. The third-order valence-electron chi connectivity index (χ3n) is 4.63. The fourth-order valence-electron chi connectivity index (χ4n) is 3.23. The Labute approximate surface area is 156 Å². The first kappa shape index (κ1) is 17.4. The molecule has 1 amide bonds. The molecule has 3 N–H and O–H groups in total.